The van der Waals surface area contributed by atoms with Crippen molar-refractivity contribution >= 4 is 15.8 Å². The van der Waals surface area contributed by atoms with Crippen molar-refractivity contribution in [2.75, 3.05) is 0 Å². The Hall–Kier alpha value is -2.18. The first-order chi connectivity index (χ1) is 11.5. The molecule has 25 heavy (non-hydrogen) atoms. The molecule has 2 aromatic rings. The second-order valence-electron chi connectivity index (χ2n) is 6.71. The lowest BCUT2D eigenvalue weighted by molar-refractivity contribution is 0.103. The number of ketones is 1. The highest BCUT2D eigenvalue weighted by molar-refractivity contribution is 7.89. The summed E-state index contributed by atoms with van der Waals surface area (Å²) in [5.41, 5.74) is 2.27. The summed E-state index contributed by atoms with van der Waals surface area (Å²) in [6.45, 7) is 7.81. The molecule has 0 bridgehead atoms. The van der Waals surface area contributed by atoms with Crippen LogP contribution in [-0.2, 0) is 10.0 Å². The van der Waals surface area contributed by atoms with Gasteiger partial charge in [0.05, 0.1) is 4.90 Å². The summed E-state index contributed by atoms with van der Waals surface area (Å²) >= 11 is 0. The largest absolute Gasteiger partial charge is 0.507 e. The molecule has 2 rings (SSSR count). The lowest BCUT2D eigenvalue weighted by atomic mass is 9.89. The van der Waals surface area contributed by atoms with Crippen LogP contribution in [0.2, 0.25) is 0 Å². The van der Waals surface area contributed by atoms with Gasteiger partial charge in [-0.2, -0.15) is 0 Å². The summed E-state index contributed by atoms with van der Waals surface area (Å²) in [4.78, 5) is 12.8. The number of sulfonamides is 1. The van der Waals surface area contributed by atoms with Crippen LogP contribution in [-0.4, -0.2) is 19.3 Å². The summed E-state index contributed by atoms with van der Waals surface area (Å²) in [6.07, 6.45) is 0. The van der Waals surface area contributed by atoms with Gasteiger partial charge in [-0.05, 0) is 59.4 Å². The van der Waals surface area contributed by atoms with E-state index in [9.17, 15) is 18.3 Å². The Morgan fingerprint density at radius 2 is 1.36 bits per heavy atom. The predicted octanol–water partition coefficient (Wildman–Crippen LogP) is 3.52. The maximum Gasteiger partial charge on any atom is 0.238 e. The predicted molar refractivity (Wildman–Crippen MR) is 97.5 cm³/mol. The molecule has 134 valence electrons. The maximum atomic E-state index is 12.8. The molecule has 0 radical (unpaired) electrons. The Bertz CT molecular complexity index is 869. The van der Waals surface area contributed by atoms with Crippen LogP contribution in [0.3, 0.4) is 0 Å². The molecule has 0 amide bonds. The van der Waals surface area contributed by atoms with Crippen LogP contribution >= 0.6 is 0 Å². The van der Waals surface area contributed by atoms with Gasteiger partial charge in [-0.3, -0.25) is 4.79 Å². The van der Waals surface area contributed by atoms with E-state index in [-0.39, 0.29) is 28.3 Å². The van der Waals surface area contributed by atoms with Crippen LogP contribution in [0.4, 0.5) is 0 Å². The summed E-state index contributed by atoms with van der Waals surface area (Å²) in [7, 11) is -3.80. The molecule has 2 aromatic carbocycles. The smallest absolute Gasteiger partial charge is 0.238 e. The van der Waals surface area contributed by atoms with Crippen LogP contribution in [0.5, 0.6) is 5.75 Å². The normalized spacial score (nSPS) is 12.0. The number of phenols is 1. The summed E-state index contributed by atoms with van der Waals surface area (Å²) in [6, 6.07) is 8.91. The fourth-order valence-electron chi connectivity index (χ4n) is 2.65. The molecule has 6 heteroatoms. The molecule has 5 nitrogen and oxygen atoms in total. The number of carbonyl (C=O) groups excluding carboxylic acids is 1. The molecule has 0 spiro atoms. The minimum Gasteiger partial charge on any atom is -0.507 e. The first-order valence-electron chi connectivity index (χ1n) is 8.06. The van der Waals surface area contributed by atoms with Gasteiger partial charge in [-0.15, -0.1) is 0 Å². The number of nitrogens with two attached hydrogens (primary N) is 1. The van der Waals surface area contributed by atoms with Crippen LogP contribution < -0.4 is 5.14 Å². The molecule has 0 fully saturated rings. The summed E-state index contributed by atoms with van der Waals surface area (Å²) in [5, 5.41) is 15.5. The van der Waals surface area contributed by atoms with E-state index in [2.05, 4.69) is 0 Å². The number of hydrogen-bond donors (Lipinski definition) is 2. The van der Waals surface area contributed by atoms with E-state index in [0.717, 1.165) is 11.1 Å². The van der Waals surface area contributed by atoms with Gasteiger partial charge in [0.25, 0.3) is 0 Å². The zero-order chi connectivity index (χ0) is 18.9. The fraction of sp³-hybridized carbons (Fsp3) is 0.316. The van der Waals surface area contributed by atoms with Crippen molar-refractivity contribution in [3.05, 3.63) is 58.7 Å². The molecule has 0 aliphatic rings. The van der Waals surface area contributed by atoms with Crippen LogP contribution in [0, 0.1) is 0 Å². The number of rotatable bonds is 5. The highest BCUT2D eigenvalue weighted by atomic mass is 32.2. The third-order valence-electron chi connectivity index (χ3n) is 4.12. The van der Waals surface area contributed by atoms with E-state index in [0.29, 0.717) is 11.1 Å². The first kappa shape index (κ1) is 19.1. The van der Waals surface area contributed by atoms with E-state index in [1.165, 1.54) is 24.3 Å². The Labute approximate surface area is 148 Å². The lowest BCUT2D eigenvalue weighted by Crippen LogP contribution is -2.12. The van der Waals surface area contributed by atoms with Crippen LogP contribution in [0.15, 0.2) is 41.3 Å². The lowest BCUT2D eigenvalue weighted by Gasteiger charge is -2.17. The zero-order valence-electron chi connectivity index (χ0n) is 14.8. The number of hydrogen-bond acceptors (Lipinski definition) is 4. The molecule has 0 aliphatic carbocycles. The third kappa shape index (κ3) is 4.08. The molecule has 0 heterocycles. The number of benzene rings is 2. The molecule has 0 unspecified atom stereocenters. The van der Waals surface area contributed by atoms with Gasteiger partial charge >= 0.3 is 0 Å². The molecule has 0 saturated carbocycles. The maximum absolute atomic E-state index is 12.8. The van der Waals surface area contributed by atoms with E-state index >= 15 is 0 Å². The second-order valence-corrected chi connectivity index (χ2v) is 8.27. The molecular formula is C19H23NO4S. The zero-order valence-corrected chi connectivity index (χ0v) is 15.6. The van der Waals surface area contributed by atoms with Crippen molar-refractivity contribution in [2.24, 2.45) is 5.14 Å². The molecule has 0 aromatic heterocycles. The monoisotopic (exact) mass is 361 g/mol. The Morgan fingerprint density at radius 3 is 1.72 bits per heavy atom. The van der Waals surface area contributed by atoms with Gasteiger partial charge < -0.3 is 5.11 Å². The summed E-state index contributed by atoms with van der Waals surface area (Å²) < 4.78 is 22.7. The van der Waals surface area contributed by atoms with Crippen molar-refractivity contribution < 1.29 is 18.3 Å². The first-order valence-corrected chi connectivity index (χ1v) is 9.61. The van der Waals surface area contributed by atoms with Crippen molar-refractivity contribution in [2.45, 2.75) is 44.4 Å². The van der Waals surface area contributed by atoms with Gasteiger partial charge in [0.1, 0.15) is 5.75 Å². The van der Waals surface area contributed by atoms with Crippen molar-refractivity contribution in [3.63, 3.8) is 0 Å². The minimum atomic E-state index is -3.80. The van der Waals surface area contributed by atoms with Crippen LogP contribution in [0.25, 0.3) is 0 Å². The molecule has 0 saturated heterocycles. The van der Waals surface area contributed by atoms with Crippen molar-refractivity contribution in [1.29, 1.82) is 0 Å². The van der Waals surface area contributed by atoms with Gasteiger partial charge in [-0.1, -0.05) is 27.7 Å². The Balaban J connectivity index is 2.52. The SMILES string of the molecule is CC(C)c1cc(C(=O)c2ccc(S(N)(=O)=O)cc2)cc(C(C)C)c1O. The minimum absolute atomic E-state index is 0.0412. The fourth-order valence-corrected chi connectivity index (χ4v) is 3.17. The number of aromatic hydroxyl groups is 1. The van der Waals surface area contributed by atoms with Gasteiger partial charge in [-0.25, -0.2) is 13.6 Å². The van der Waals surface area contributed by atoms with Gasteiger partial charge in [0.2, 0.25) is 10.0 Å². The van der Waals surface area contributed by atoms with Crippen molar-refractivity contribution in [1.82, 2.24) is 0 Å². The quantitative estimate of drug-likeness (QED) is 0.796. The highest BCUT2D eigenvalue weighted by Crippen LogP contribution is 2.35. The molecular weight excluding hydrogens is 338 g/mol. The topological polar surface area (TPSA) is 97.5 Å². The molecule has 3 N–H and O–H groups in total. The van der Waals surface area contributed by atoms with E-state index in [4.69, 9.17) is 5.14 Å². The van der Waals surface area contributed by atoms with Gasteiger partial charge in [0.15, 0.2) is 5.78 Å². The van der Waals surface area contributed by atoms with E-state index in [1.807, 2.05) is 27.7 Å². The van der Waals surface area contributed by atoms with Crippen LogP contribution in [0.1, 0.15) is 66.6 Å². The summed E-state index contributed by atoms with van der Waals surface area (Å²) in [5.74, 6) is 0.126. The third-order valence-corrected chi connectivity index (χ3v) is 5.05. The Morgan fingerprint density at radius 1 is 0.920 bits per heavy atom. The molecule has 0 aliphatic heterocycles. The number of phenolic OH excluding ortho intramolecular Hbond substituents is 1. The molecule has 0 atom stereocenters. The highest BCUT2D eigenvalue weighted by Gasteiger charge is 2.19. The standard InChI is InChI=1S/C19H23NO4S/c1-11(2)16-9-14(10-17(12(3)4)19(16)22)18(21)13-5-7-15(8-6-13)25(20,23)24/h5-12,22H,1-4H3,(H2,20,23,24). The number of primary sulfonamides is 1. The Kier molecular flexibility index (Phi) is 5.34. The van der Waals surface area contributed by atoms with E-state index < -0.39 is 10.0 Å². The average molecular weight is 361 g/mol. The number of carbonyl (C=O) groups is 1. The average Bonchev–Trinajstić information content (AvgIpc) is 2.53. The van der Waals surface area contributed by atoms with E-state index in [1.54, 1.807) is 12.1 Å². The second kappa shape index (κ2) is 6.98. The van der Waals surface area contributed by atoms with Gasteiger partial charge in [0, 0.05) is 11.1 Å². The van der Waals surface area contributed by atoms with Crippen molar-refractivity contribution in [3.8, 4) is 5.75 Å².